The molecule has 3 aromatic rings. The van der Waals surface area contributed by atoms with Crippen LogP contribution in [0.4, 0.5) is 14.5 Å². The van der Waals surface area contributed by atoms with Gasteiger partial charge >= 0.3 is 6.61 Å². The van der Waals surface area contributed by atoms with E-state index >= 15 is 0 Å². The fraction of sp³-hybridized carbons (Fsp3) is 0.0952. The highest BCUT2D eigenvalue weighted by Gasteiger charge is 2.12. The zero-order chi connectivity index (χ0) is 18.4. The topological polar surface area (TPSA) is 38.3 Å². The lowest BCUT2D eigenvalue weighted by molar-refractivity contribution is -0.0498. The van der Waals surface area contributed by atoms with Crippen molar-refractivity contribution >= 4 is 11.6 Å². The van der Waals surface area contributed by atoms with Crippen LogP contribution in [0.25, 0.3) is 0 Å². The van der Waals surface area contributed by atoms with Crippen molar-refractivity contribution in [3.63, 3.8) is 0 Å². The minimum atomic E-state index is -2.87. The Hall–Kier alpha value is -3.21. The van der Waals surface area contributed by atoms with Gasteiger partial charge in [0.05, 0.1) is 0 Å². The summed E-state index contributed by atoms with van der Waals surface area (Å²) < 4.78 is 28.7. The molecule has 0 heterocycles. The number of nitrogens with one attached hydrogen (secondary N) is 1. The number of hydrogen-bond acceptors (Lipinski definition) is 2. The molecule has 0 spiro atoms. The molecule has 0 radical (unpaired) electrons. The minimum absolute atomic E-state index is 0.0440. The lowest BCUT2D eigenvalue weighted by Gasteiger charge is -2.11. The highest BCUT2D eigenvalue weighted by molar-refractivity contribution is 6.05. The number of alkyl halides is 2. The second kappa shape index (κ2) is 8.25. The summed E-state index contributed by atoms with van der Waals surface area (Å²) >= 11 is 0. The zero-order valence-corrected chi connectivity index (χ0v) is 13.9. The predicted octanol–water partition coefficient (Wildman–Crippen LogP) is 5.13. The van der Waals surface area contributed by atoms with Crippen LogP contribution in [0.5, 0.6) is 5.75 Å². The van der Waals surface area contributed by atoms with Crippen molar-refractivity contribution in [1.82, 2.24) is 0 Å². The van der Waals surface area contributed by atoms with Crippen molar-refractivity contribution in [3.05, 3.63) is 95.6 Å². The number of hydrogen-bond donors (Lipinski definition) is 1. The SMILES string of the molecule is O=C(Nc1ccc(OC(F)F)cc1)c1ccccc1Cc1ccccc1. The van der Waals surface area contributed by atoms with Gasteiger partial charge in [0.2, 0.25) is 0 Å². The number of benzene rings is 3. The molecule has 3 rings (SSSR count). The first kappa shape index (κ1) is 17.6. The van der Waals surface area contributed by atoms with Gasteiger partial charge in [-0.25, -0.2) is 0 Å². The Balaban J connectivity index is 1.74. The highest BCUT2D eigenvalue weighted by atomic mass is 19.3. The zero-order valence-electron chi connectivity index (χ0n) is 13.9. The van der Waals surface area contributed by atoms with E-state index in [1.807, 2.05) is 48.5 Å². The molecular weight excluding hydrogens is 336 g/mol. The van der Waals surface area contributed by atoms with Crippen molar-refractivity contribution in [2.75, 3.05) is 5.32 Å². The van der Waals surface area contributed by atoms with Gasteiger partial charge in [-0.05, 0) is 47.9 Å². The van der Waals surface area contributed by atoms with E-state index in [-0.39, 0.29) is 11.7 Å². The predicted molar refractivity (Wildman–Crippen MR) is 96.7 cm³/mol. The maximum atomic E-state index is 12.6. The molecule has 3 nitrogen and oxygen atoms in total. The van der Waals surface area contributed by atoms with Crippen LogP contribution in [0, 0.1) is 0 Å². The van der Waals surface area contributed by atoms with Crippen molar-refractivity contribution in [2.45, 2.75) is 13.0 Å². The number of rotatable bonds is 6. The van der Waals surface area contributed by atoms with Gasteiger partial charge in [0.25, 0.3) is 5.91 Å². The van der Waals surface area contributed by atoms with Crippen LogP contribution in [0.3, 0.4) is 0 Å². The first-order valence-electron chi connectivity index (χ1n) is 8.10. The van der Waals surface area contributed by atoms with E-state index in [4.69, 9.17) is 0 Å². The molecule has 0 atom stereocenters. The molecular formula is C21H17F2NO2. The van der Waals surface area contributed by atoms with E-state index in [2.05, 4.69) is 10.1 Å². The van der Waals surface area contributed by atoms with Gasteiger partial charge in [-0.2, -0.15) is 8.78 Å². The summed E-state index contributed by atoms with van der Waals surface area (Å²) in [6, 6.07) is 23.1. The monoisotopic (exact) mass is 353 g/mol. The average Bonchev–Trinajstić information content (AvgIpc) is 2.64. The lowest BCUT2D eigenvalue weighted by atomic mass is 9.99. The molecule has 0 bridgehead atoms. The largest absolute Gasteiger partial charge is 0.435 e. The van der Waals surface area contributed by atoms with Crippen LogP contribution >= 0.6 is 0 Å². The smallest absolute Gasteiger partial charge is 0.387 e. The summed E-state index contributed by atoms with van der Waals surface area (Å²) in [5, 5.41) is 2.78. The van der Waals surface area contributed by atoms with Crippen LogP contribution in [0.15, 0.2) is 78.9 Å². The standard InChI is InChI=1S/C21H17F2NO2/c22-21(23)26-18-12-10-17(11-13-18)24-20(25)19-9-5-4-8-16(19)14-15-6-2-1-3-7-15/h1-13,21H,14H2,(H,24,25). The normalized spacial score (nSPS) is 10.6. The Morgan fingerprint density at radius 3 is 2.23 bits per heavy atom. The second-order valence-electron chi connectivity index (χ2n) is 5.68. The quantitative estimate of drug-likeness (QED) is 0.667. The minimum Gasteiger partial charge on any atom is -0.435 e. The highest BCUT2D eigenvalue weighted by Crippen LogP contribution is 2.20. The van der Waals surface area contributed by atoms with Crippen molar-refractivity contribution in [2.24, 2.45) is 0 Å². The van der Waals surface area contributed by atoms with Crippen LogP contribution in [-0.2, 0) is 6.42 Å². The van der Waals surface area contributed by atoms with E-state index in [1.54, 1.807) is 6.07 Å². The molecule has 0 aliphatic heterocycles. The summed E-state index contributed by atoms with van der Waals surface area (Å²) in [6.07, 6.45) is 0.644. The second-order valence-corrected chi connectivity index (χ2v) is 5.68. The average molecular weight is 353 g/mol. The fourth-order valence-corrected chi connectivity index (χ4v) is 2.63. The third-order valence-corrected chi connectivity index (χ3v) is 3.84. The number of carbonyl (C=O) groups excluding carboxylic acids is 1. The summed E-state index contributed by atoms with van der Waals surface area (Å²) in [7, 11) is 0. The van der Waals surface area contributed by atoms with Gasteiger partial charge in [0, 0.05) is 11.3 Å². The van der Waals surface area contributed by atoms with E-state index in [0.29, 0.717) is 17.7 Å². The van der Waals surface area contributed by atoms with Gasteiger partial charge in [0.1, 0.15) is 5.75 Å². The van der Waals surface area contributed by atoms with Gasteiger partial charge in [-0.15, -0.1) is 0 Å². The van der Waals surface area contributed by atoms with Gasteiger partial charge in [-0.1, -0.05) is 48.5 Å². The van der Waals surface area contributed by atoms with E-state index in [0.717, 1.165) is 11.1 Å². The van der Waals surface area contributed by atoms with Crippen LogP contribution in [0.1, 0.15) is 21.5 Å². The lowest BCUT2D eigenvalue weighted by Crippen LogP contribution is -2.14. The third-order valence-electron chi connectivity index (χ3n) is 3.84. The van der Waals surface area contributed by atoms with Crippen molar-refractivity contribution in [3.8, 4) is 5.75 Å². The molecule has 132 valence electrons. The molecule has 26 heavy (non-hydrogen) atoms. The Bertz CT molecular complexity index is 865. The molecule has 0 aromatic heterocycles. The molecule has 0 fully saturated rings. The number of ether oxygens (including phenoxy) is 1. The van der Waals surface area contributed by atoms with E-state index < -0.39 is 6.61 Å². The van der Waals surface area contributed by atoms with Crippen LogP contribution in [0.2, 0.25) is 0 Å². The number of halogens is 2. The van der Waals surface area contributed by atoms with Gasteiger partial charge in [0.15, 0.2) is 0 Å². The first-order valence-corrected chi connectivity index (χ1v) is 8.10. The number of carbonyl (C=O) groups is 1. The van der Waals surface area contributed by atoms with Crippen molar-refractivity contribution in [1.29, 1.82) is 0 Å². The summed E-state index contributed by atoms with van der Waals surface area (Å²) in [6.45, 7) is -2.87. The number of amides is 1. The summed E-state index contributed by atoms with van der Waals surface area (Å²) in [5.74, 6) is -0.207. The van der Waals surface area contributed by atoms with E-state index in [1.165, 1.54) is 24.3 Å². The summed E-state index contributed by atoms with van der Waals surface area (Å²) in [4.78, 5) is 12.6. The molecule has 0 unspecified atom stereocenters. The number of anilines is 1. The Morgan fingerprint density at radius 2 is 1.54 bits per heavy atom. The maximum absolute atomic E-state index is 12.6. The Kier molecular flexibility index (Phi) is 5.59. The molecule has 0 aliphatic rings. The van der Waals surface area contributed by atoms with Crippen LogP contribution in [-0.4, -0.2) is 12.5 Å². The fourth-order valence-electron chi connectivity index (χ4n) is 2.63. The molecule has 1 N–H and O–H groups in total. The molecule has 3 aromatic carbocycles. The van der Waals surface area contributed by atoms with Gasteiger partial charge < -0.3 is 10.1 Å². The Labute approximate surface area is 150 Å². The summed E-state index contributed by atoms with van der Waals surface area (Å²) in [5.41, 5.74) is 3.10. The first-order chi connectivity index (χ1) is 12.6. The molecule has 0 saturated heterocycles. The van der Waals surface area contributed by atoms with Gasteiger partial charge in [-0.3, -0.25) is 4.79 Å². The maximum Gasteiger partial charge on any atom is 0.387 e. The van der Waals surface area contributed by atoms with Crippen LogP contribution < -0.4 is 10.1 Å². The molecule has 5 heteroatoms. The molecule has 0 saturated carbocycles. The molecule has 0 aliphatic carbocycles. The van der Waals surface area contributed by atoms with E-state index in [9.17, 15) is 13.6 Å². The van der Waals surface area contributed by atoms with Crippen molar-refractivity contribution < 1.29 is 18.3 Å². The molecule has 1 amide bonds. The third kappa shape index (κ3) is 4.66. The Morgan fingerprint density at radius 1 is 0.885 bits per heavy atom.